The second-order valence-corrected chi connectivity index (χ2v) is 11.6. The fourth-order valence-electron chi connectivity index (χ4n) is 4.75. The predicted octanol–water partition coefficient (Wildman–Crippen LogP) is 6.98. The molecular weight excluding hydrogens is 465 g/mol. The van der Waals surface area contributed by atoms with E-state index < -0.39 is 19.3 Å². The molecule has 4 nitrogen and oxygen atoms in total. The van der Waals surface area contributed by atoms with Gasteiger partial charge in [0.15, 0.2) is 7.14 Å². The molecule has 0 bridgehead atoms. The highest BCUT2D eigenvalue weighted by Gasteiger charge is 2.43. The third kappa shape index (κ3) is 3.90. The van der Waals surface area contributed by atoms with Gasteiger partial charge in [-0.15, -0.1) is 0 Å². The maximum atomic E-state index is 15.6. The molecule has 0 spiro atoms. The summed E-state index contributed by atoms with van der Waals surface area (Å²) in [4.78, 5) is 11.6. The molecule has 6 heteroatoms. The van der Waals surface area contributed by atoms with Crippen LogP contribution in [0.5, 0.6) is 0 Å². The van der Waals surface area contributed by atoms with Crippen LogP contribution in [0.3, 0.4) is 0 Å². The van der Waals surface area contributed by atoms with Gasteiger partial charge in [0, 0.05) is 20.6 Å². The molecule has 0 amide bonds. The lowest BCUT2D eigenvalue weighted by molar-refractivity contribution is -0.480. The van der Waals surface area contributed by atoms with Gasteiger partial charge in [0.05, 0.1) is 0 Å². The molecule has 5 rings (SSSR count). The standard InChI is InChI=1S/C28H21ClNO3P/c29-23-13-5-12-22(18-23)28(19-30(31)32)34(33,26-16-6-10-20-8-1-3-14-24(20)26)27-17-7-11-21-9-2-4-15-25(21)27/h1-18,28H,19H2/t28-/m0/s1. The van der Waals surface area contributed by atoms with Crippen LogP contribution >= 0.6 is 18.7 Å². The number of hydrogen-bond donors (Lipinski definition) is 0. The second-order valence-electron chi connectivity index (χ2n) is 8.24. The Hall–Kier alpha value is -3.46. The van der Waals surface area contributed by atoms with Crippen molar-refractivity contribution in [2.45, 2.75) is 5.66 Å². The molecule has 0 aromatic heterocycles. The maximum Gasteiger partial charge on any atom is 0.218 e. The van der Waals surface area contributed by atoms with Gasteiger partial charge in [0.1, 0.15) is 5.66 Å². The molecular formula is C28H21ClNO3P. The van der Waals surface area contributed by atoms with E-state index in [1.54, 1.807) is 24.3 Å². The summed E-state index contributed by atoms with van der Waals surface area (Å²) >= 11 is 6.30. The molecule has 0 saturated heterocycles. The molecule has 0 heterocycles. The number of nitrogens with zero attached hydrogens (tertiary/aromatic N) is 1. The summed E-state index contributed by atoms with van der Waals surface area (Å²) in [7, 11) is -3.62. The first-order valence-corrected chi connectivity index (χ1v) is 13.1. The van der Waals surface area contributed by atoms with E-state index in [4.69, 9.17) is 11.6 Å². The van der Waals surface area contributed by atoms with E-state index >= 15 is 4.57 Å². The van der Waals surface area contributed by atoms with E-state index in [0.717, 1.165) is 21.5 Å². The first kappa shape index (κ1) is 22.3. The highest BCUT2D eigenvalue weighted by Crippen LogP contribution is 2.59. The lowest BCUT2D eigenvalue weighted by atomic mass is 10.1. The van der Waals surface area contributed by atoms with Crippen LogP contribution in [0.1, 0.15) is 11.2 Å². The summed E-state index contributed by atoms with van der Waals surface area (Å²) in [5.74, 6) is 0. The van der Waals surface area contributed by atoms with Crippen LogP contribution in [0, 0.1) is 10.1 Å². The van der Waals surface area contributed by atoms with E-state index in [-0.39, 0.29) is 4.92 Å². The van der Waals surface area contributed by atoms with Crippen molar-refractivity contribution < 1.29 is 9.49 Å². The number of benzene rings is 5. The molecule has 0 radical (unpaired) electrons. The topological polar surface area (TPSA) is 60.2 Å². The molecule has 1 atom stereocenters. The van der Waals surface area contributed by atoms with Crippen LogP contribution in [-0.2, 0) is 4.57 Å². The fraction of sp³-hybridized carbons (Fsp3) is 0.0714. The third-order valence-corrected chi connectivity index (χ3v) is 10.0. The molecule has 168 valence electrons. The van der Waals surface area contributed by atoms with Gasteiger partial charge in [-0.1, -0.05) is 109 Å². The van der Waals surface area contributed by atoms with Crippen molar-refractivity contribution in [3.63, 3.8) is 0 Å². The molecule has 5 aromatic carbocycles. The van der Waals surface area contributed by atoms with Gasteiger partial charge in [0.2, 0.25) is 6.54 Å². The highest BCUT2D eigenvalue weighted by atomic mass is 35.5. The smallest absolute Gasteiger partial charge is 0.218 e. The number of hydrogen-bond acceptors (Lipinski definition) is 3. The minimum absolute atomic E-state index is 0.380. The third-order valence-electron chi connectivity index (χ3n) is 6.24. The molecule has 0 aliphatic carbocycles. The first-order chi connectivity index (χ1) is 16.5. The Morgan fingerprint density at radius 2 is 1.24 bits per heavy atom. The molecule has 34 heavy (non-hydrogen) atoms. The van der Waals surface area contributed by atoms with E-state index in [9.17, 15) is 10.1 Å². The van der Waals surface area contributed by atoms with Gasteiger partial charge >= 0.3 is 0 Å². The van der Waals surface area contributed by atoms with Crippen molar-refractivity contribution in [1.82, 2.24) is 0 Å². The van der Waals surface area contributed by atoms with Crippen molar-refractivity contribution in [2.24, 2.45) is 0 Å². The zero-order valence-electron chi connectivity index (χ0n) is 18.2. The molecule has 0 unspecified atom stereocenters. The Kier molecular flexibility index (Phi) is 5.95. The molecule has 0 saturated carbocycles. The van der Waals surface area contributed by atoms with Gasteiger partial charge < -0.3 is 4.57 Å². The lowest BCUT2D eigenvalue weighted by Crippen LogP contribution is -2.27. The van der Waals surface area contributed by atoms with Gasteiger partial charge in [0.25, 0.3) is 0 Å². The number of fused-ring (bicyclic) bond motifs is 2. The summed E-state index contributed by atoms with van der Waals surface area (Å²) in [6.45, 7) is -0.482. The molecule has 5 aromatic rings. The van der Waals surface area contributed by atoms with Crippen LogP contribution in [0.15, 0.2) is 109 Å². The van der Waals surface area contributed by atoms with Crippen LogP contribution < -0.4 is 10.6 Å². The van der Waals surface area contributed by atoms with E-state index in [2.05, 4.69) is 0 Å². The van der Waals surface area contributed by atoms with Gasteiger partial charge in [-0.2, -0.15) is 0 Å². The summed E-state index contributed by atoms with van der Waals surface area (Å²) in [6.07, 6.45) is 0. The van der Waals surface area contributed by atoms with Crippen LogP contribution in [0.4, 0.5) is 0 Å². The van der Waals surface area contributed by atoms with Crippen molar-refractivity contribution in [2.75, 3.05) is 6.54 Å². The second kappa shape index (κ2) is 9.06. The predicted molar refractivity (Wildman–Crippen MR) is 141 cm³/mol. The highest BCUT2D eigenvalue weighted by molar-refractivity contribution is 7.79. The average molecular weight is 486 g/mol. The molecule has 0 aliphatic rings. The molecule has 0 N–H and O–H groups in total. The Morgan fingerprint density at radius 3 is 1.76 bits per heavy atom. The van der Waals surface area contributed by atoms with Crippen LogP contribution in [-0.4, -0.2) is 11.5 Å². The lowest BCUT2D eigenvalue weighted by Gasteiger charge is -2.29. The summed E-state index contributed by atoms with van der Waals surface area (Å²) in [6, 6.07) is 33.8. The minimum atomic E-state index is -3.62. The van der Waals surface area contributed by atoms with Crippen molar-refractivity contribution in [1.29, 1.82) is 0 Å². The number of rotatable bonds is 6. The van der Waals surface area contributed by atoms with Gasteiger partial charge in [-0.3, -0.25) is 10.1 Å². The summed E-state index contributed by atoms with van der Waals surface area (Å²) < 4.78 is 15.6. The monoisotopic (exact) mass is 485 g/mol. The Bertz CT molecular complexity index is 1490. The van der Waals surface area contributed by atoms with Gasteiger partial charge in [-0.25, -0.2) is 0 Å². The molecule has 0 aliphatic heterocycles. The average Bonchev–Trinajstić information content (AvgIpc) is 2.86. The van der Waals surface area contributed by atoms with Crippen molar-refractivity contribution >= 4 is 50.9 Å². The SMILES string of the molecule is O=[N+]([O-])C[C@@H](c1cccc(Cl)c1)P(=O)(c1cccc2ccccc12)c1cccc2ccccc12. The molecule has 0 fully saturated rings. The van der Waals surface area contributed by atoms with E-state index in [0.29, 0.717) is 21.2 Å². The zero-order chi connectivity index (χ0) is 23.7. The number of halogens is 1. The first-order valence-electron chi connectivity index (χ1n) is 10.9. The Balaban J connectivity index is 1.92. The Labute approximate surface area is 202 Å². The fourth-order valence-corrected chi connectivity index (χ4v) is 8.56. The largest absolute Gasteiger partial charge is 0.313 e. The van der Waals surface area contributed by atoms with Crippen LogP contribution in [0.2, 0.25) is 5.02 Å². The van der Waals surface area contributed by atoms with E-state index in [1.807, 2.05) is 84.9 Å². The quantitative estimate of drug-likeness (QED) is 0.148. The zero-order valence-corrected chi connectivity index (χ0v) is 19.8. The van der Waals surface area contributed by atoms with Crippen LogP contribution in [0.25, 0.3) is 21.5 Å². The maximum absolute atomic E-state index is 15.6. The minimum Gasteiger partial charge on any atom is -0.313 e. The summed E-state index contributed by atoms with van der Waals surface area (Å²) in [5.41, 5.74) is -0.300. The van der Waals surface area contributed by atoms with Crippen molar-refractivity contribution in [3.8, 4) is 0 Å². The van der Waals surface area contributed by atoms with Crippen molar-refractivity contribution in [3.05, 3.63) is 130 Å². The normalized spacial score (nSPS) is 12.6. The van der Waals surface area contributed by atoms with E-state index in [1.165, 1.54) is 0 Å². The van der Waals surface area contributed by atoms with Gasteiger partial charge in [-0.05, 0) is 39.2 Å². The summed E-state index contributed by atoms with van der Waals surface area (Å²) in [5, 5.41) is 17.2. The Morgan fingerprint density at radius 1 is 0.735 bits per heavy atom. The number of nitro groups is 1.